The molecule has 0 heterocycles. The van der Waals surface area contributed by atoms with Crippen molar-refractivity contribution < 1.29 is 13.5 Å². The molecule has 2 N–H and O–H groups in total. The number of nitrogens with one attached hydrogen (secondary N) is 1. The fraction of sp³-hybridized carbons (Fsp3) is 1.00. The van der Waals surface area contributed by atoms with Crippen molar-refractivity contribution in [2.45, 2.75) is 32.3 Å². The summed E-state index contributed by atoms with van der Waals surface area (Å²) in [5.74, 6) is 0.246. The van der Waals surface area contributed by atoms with Crippen LogP contribution in [0.5, 0.6) is 0 Å². The number of hydrogen-bond donors (Lipinski definition) is 2. The first kappa shape index (κ1) is 13.9. The molecular formula is C9H21NO3S. The molecule has 0 amide bonds. The third kappa shape index (κ3) is 11.9. The van der Waals surface area contributed by atoms with Crippen LogP contribution in [0.2, 0.25) is 0 Å². The summed E-state index contributed by atoms with van der Waals surface area (Å²) < 4.78 is 21.5. The number of rotatable bonds is 8. The standard InChI is InChI=1S/C9H21NO3S/c1-9(11)5-3-6-10-7-4-8-14(2,12)13/h9-11H,3-8H2,1-2H3. The number of hydrogen-bond acceptors (Lipinski definition) is 4. The maximum atomic E-state index is 10.7. The summed E-state index contributed by atoms with van der Waals surface area (Å²) >= 11 is 0. The molecule has 4 nitrogen and oxygen atoms in total. The van der Waals surface area contributed by atoms with Crippen molar-refractivity contribution in [3.63, 3.8) is 0 Å². The van der Waals surface area contributed by atoms with Gasteiger partial charge in [0, 0.05) is 6.26 Å². The highest BCUT2D eigenvalue weighted by molar-refractivity contribution is 7.90. The molecule has 0 aromatic carbocycles. The molecule has 0 aliphatic heterocycles. The average Bonchev–Trinajstić information content (AvgIpc) is 2.00. The van der Waals surface area contributed by atoms with E-state index in [1.165, 1.54) is 6.26 Å². The van der Waals surface area contributed by atoms with Gasteiger partial charge in [-0.3, -0.25) is 0 Å². The largest absolute Gasteiger partial charge is 0.393 e. The number of aliphatic hydroxyl groups is 1. The molecule has 0 radical (unpaired) electrons. The fourth-order valence-corrected chi connectivity index (χ4v) is 1.78. The van der Waals surface area contributed by atoms with E-state index in [2.05, 4.69) is 5.32 Å². The topological polar surface area (TPSA) is 66.4 Å². The van der Waals surface area contributed by atoms with E-state index in [0.717, 1.165) is 25.9 Å². The molecule has 0 fully saturated rings. The first-order valence-corrected chi connectivity index (χ1v) is 7.04. The normalized spacial score (nSPS) is 14.2. The highest BCUT2D eigenvalue weighted by Gasteiger charge is 2.00. The monoisotopic (exact) mass is 223 g/mol. The Hall–Kier alpha value is -0.130. The maximum Gasteiger partial charge on any atom is 0.147 e. The molecule has 0 saturated heterocycles. The van der Waals surface area contributed by atoms with Crippen LogP contribution in [-0.4, -0.2) is 44.7 Å². The minimum absolute atomic E-state index is 0.243. The molecule has 0 aromatic heterocycles. The number of sulfone groups is 1. The third-order valence-electron chi connectivity index (χ3n) is 1.84. The van der Waals surface area contributed by atoms with Gasteiger partial charge in [-0.05, 0) is 39.3 Å². The van der Waals surface area contributed by atoms with Crippen LogP contribution in [0.3, 0.4) is 0 Å². The van der Waals surface area contributed by atoms with Crippen LogP contribution in [0.25, 0.3) is 0 Å². The van der Waals surface area contributed by atoms with Gasteiger partial charge in [0.2, 0.25) is 0 Å². The minimum atomic E-state index is -2.81. The Morgan fingerprint density at radius 1 is 1.29 bits per heavy atom. The maximum absolute atomic E-state index is 10.7. The number of aliphatic hydroxyl groups excluding tert-OH is 1. The summed E-state index contributed by atoms with van der Waals surface area (Å²) in [6.45, 7) is 3.34. The van der Waals surface area contributed by atoms with E-state index in [1.807, 2.05) is 0 Å². The Balaban J connectivity index is 3.15. The molecular weight excluding hydrogens is 202 g/mol. The minimum Gasteiger partial charge on any atom is -0.393 e. The molecule has 0 saturated carbocycles. The Kier molecular flexibility index (Phi) is 7.13. The molecule has 0 bridgehead atoms. The van der Waals surface area contributed by atoms with Gasteiger partial charge in [-0.2, -0.15) is 0 Å². The smallest absolute Gasteiger partial charge is 0.147 e. The van der Waals surface area contributed by atoms with E-state index in [9.17, 15) is 8.42 Å². The van der Waals surface area contributed by atoms with Gasteiger partial charge < -0.3 is 10.4 Å². The van der Waals surface area contributed by atoms with Gasteiger partial charge in [0.05, 0.1) is 11.9 Å². The zero-order chi connectivity index (χ0) is 11.0. The van der Waals surface area contributed by atoms with E-state index >= 15 is 0 Å². The fourth-order valence-electron chi connectivity index (χ4n) is 1.11. The lowest BCUT2D eigenvalue weighted by molar-refractivity contribution is 0.181. The van der Waals surface area contributed by atoms with Gasteiger partial charge in [-0.15, -0.1) is 0 Å². The summed E-state index contributed by atoms with van der Waals surface area (Å²) in [6, 6.07) is 0. The Labute approximate surface area is 86.6 Å². The summed E-state index contributed by atoms with van der Waals surface area (Å²) in [4.78, 5) is 0. The SMILES string of the molecule is CC(O)CCCNCCCS(C)(=O)=O. The van der Waals surface area contributed by atoms with Crippen LogP contribution in [0, 0.1) is 0 Å². The summed E-state index contributed by atoms with van der Waals surface area (Å²) in [7, 11) is -2.81. The van der Waals surface area contributed by atoms with Crippen molar-refractivity contribution in [3.8, 4) is 0 Å². The second-order valence-electron chi connectivity index (χ2n) is 3.72. The Morgan fingerprint density at radius 3 is 2.36 bits per heavy atom. The van der Waals surface area contributed by atoms with Gasteiger partial charge in [-0.1, -0.05) is 0 Å². The third-order valence-corrected chi connectivity index (χ3v) is 2.87. The summed E-state index contributed by atoms with van der Waals surface area (Å²) in [5, 5.41) is 12.1. The molecule has 5 heteroatoms. The molecule has 1 unspecified atom stereocenters. The lowest BCUT2D eigenvalue weighted by Crippen LogP contribution is -2.20. The van der Waals surface area contributed by atoms with Crippen molar-refractivity contribution in [2.75, 3.05) is 25.1 Å². The molecule has 0 aromatic rings. The van der Waals surface area contributed by atoms with Crippen LogP contribution >= 0.6 is 0 Å². The zero-order valence-electron chi connectivity index (χ0n) is 8.99. The van der Waals surface area contributed by atoms with E-state index in [0.29, 0.717) is 6.42 Å². The Morgan fingerprint density at radius 2 is 1.86 bits per heavy atom. The molecule has 0 spiro atoms. The van der Waals surface area contributed by atoms with Crippen molar-refractivity contribution in [1.82, 2.24) is 5.32 Å². The van der Waals surface area contributed by atoms with Gasteiger partial charge in [0.25, 0.3) is 0 Å². The van der Waals surface area contributed by atoms with Gasteiger partial charge >= 0.3 is 0 Å². The van der Waals surface area contributed by atoms with Crippen LogP contribution in [0.1, 0.15) is 26.2 Å². The highest BCUT2D eigenvalue weighted by atomic mass is 32.2. The van der Waals surface area contributed by atoms with E-state index in [4.69, 9.17) is 5.11 Å². The molecule has 0 rings (SSSR count). The summed E-state index contributed by atoms with van der Waals surface area (Å²) in [5.41, 5.74) is 0. The van der Waals surface area contributed by atoms with Crippen molar-refractivity contribution in [2.24, 2.45) is 0 Å². The molecule has 1 atom stereocenters. The first-order valence-electron chi connectivity index (χ1n) is 4.98. The van der Waals surface area contributed by atoms with Crippen LogP contribution in [-0.2, 0) is 9.84 Å². The van der Waals surface area contributed by atoms with Crippen LogP contribution in [0.15, 0.2) is 0 Å². The lowest BCUT2D eigenvalue weighted by Gasteiger charge is -2.05. The van der Waals surface area contributed by atoms with Crippen molar-refractivity contribution in [3.05, 3.63) is 0 Å². The molecule has 14 heavy (non-hydrogen) atoms. The Bertz CT molecular complexity index is 224. The predicted octanol–water partition coefficient (Wildman–Crippen LogP) is 0.172. The zero-order valence-corrected chi connectivity index (χ0v) is 9.81. The second-order valence-corrected chi connectivity index (χ2v) is 5.98. The van der Waals surface area contributed by atoms with Crippen molar-refractivity contribution >= 4 is 9.84 Å². The van der Waals surface area contributed by atoms with Gasteiger partial charge in [-0.25, -0.2) is 8.42 Å². The van der Waals surface area contributed by atoms with Crippen LogP contribution < -0.4 is 5.32 Å². The van der Waals surface area contributed by atoms with Gasteiger partial charge in [0.15, 0.2) is 0 Å². The lowest BCUT2D eigenvalue weighted by atomic mass is 10.2. The van der Waals surface area contributed by atoms with Crippen molar-refractivity contribution in [1.29, 1.82) is 0 Å². The van der Waals surface area contributed by atoms with E-state index in [-0.39, 0.29) is 11.9 Å². The van der Waals surface area contributed by atoms with E-state index in [1.54, 1.807) is 6.92 Å². The van der Waals surface area contributed by atoms with Crippen LogP contribution in [0.4, 0.5) is 0 Å². The second kappa shape index (κ2) is 7.20. The molecule has 86 valence electrons. The summed E-state index contributed by atoms with van der Waals surface area (Å²) in [6.07, 6.45) is 3.39. The van der Waals surface area contributed by atoms with Gasteiger partial charge in [0.1, 0.15) is 9.84 Å². The first-order chi connectivity index (χ1) is 6.42. The predicted molar refractivity (Wildman–Crippen MR) is 58.1 cm³/mol. The quantitative estimate of drug-likeness (QED) is 0.576. The molecule has 0 aliphatic carbocycles. The average molecular weight is 223 g/mol. The van der Waals surface area contributed by atoms with E-state index < -0.39 is 9.84 Å². The molecule has 0 aliphatic rings. The highest BCUT2D eigenvalue weighted by Crippen LogP contribution is 1.93.